The van der Waals surface area contributed by atoms with Crippen molar-refractivity contribution < 1.29 is 14.3 Å². The van der Waals surface area contributed by atoms with Crippen molar-refractivity contribution in [2.24, 2.45) is 5.92 Å². The average Bonchev–Trinajstić information content (AvgIpc) is 3.13. The summed E-state index contributed by atoms with van der Waals surface area (Å²) in [6, 6.07) is 3.09. The molecule has 1 amide bonds. The second-order valence-electron chi connectivity index (χ2n) is 3.91. The summed E-state index contributed by atoms with van der Waals surface area (Å²) in [5.74, 6) is 0.0748. The predicted octanol–water partition coefficient (Wildman–Crippen LogP) is 1.61. The molecule has 1 aromatic heterocycles. The Morgan fingerprint density at radius 3 is 2.94 bits per heavy atom. The number of pyridine rings is 1. The van der Waals surface area contributed by atoms with Crippen molar-refractivity contribution >= 4 is 17.7 Å². The number of carbonyl (C=O) groups excluding carboxylic acids is 2. The van der Waals surface area contributed by atoms with E-state index in [1.165, 1.54) is 12.3 Å². The molecule has 5 heteroatoms. The van der Waals surface area contributed by atoms with E-state index in [0.29, 0.717) is 18.0 Å². The van der Waals surface area contributed by atoms with E-state index in [1.54, 1.807) is 13.0 Å². The molecule has 0 radical (unpaired) electrons. The predicted molar refractivity (Wildman–Crippen MR) is 61.5 cm³/mol. The van der Waals surface area contributed by atoms with Gasteiger partial charge in [-0.1, -0.05) is 0 Å². The molecular formula is C12H14N2O3. The number of anilines is 1. The Bertz CT molecular complexity index is 441. The first-order chi connectivity index (χ1) is 8.20. The number of esters is 1. The zero-order valence-corrected chi connectivity index (χ0v) is 9.60. The van der Waals surface area contributed by atoms with Gasteiger partial charge in [0, 0.05) is 12.1 Å². The van der Waals surface area contributed by atoms with Crippen molar-refractivity contribution in [2.45, 2.75) is 19.8 Å². The Morgan fingerprint density at radius 2 is 2.29 bits per heavy atom. The summed E-state index contributed by atoms with van der Waals surface area (Å²) in [5, 5.41) is 2.68. The van der Waals surface area contributed by atoms with Crippen molar-refractivity contribution in [3.8, 4) is 0 Å². The van der Waals surface area contributed by atoms with Gasteiger partial charge in [-0.25, -0.2) is 9.78 Å². The molecule has 1 saturated carbocycles. The molecule has 1 heterocycles. The largest absolute Gasteiger partial charge is 0.462 e. The lowest BCUT2D eigenvalue weighted by molar-refractivity contribution is -0.117. The summed E-state index contributed by atoms with van der Waals surface area (Å²) < 4.78 is 4.87. The molecule has 1 aliphatic carbocycles. The maximum atomic E-state index is 11.5. The summed E-state index contributed by atoms with van der Waals surface area (Å²) in [6.45, 7) is 2.07. The molecule has 0 aromatic carbocycles. The normalized spacial score (nSPS) is 14.2. The summed E-state index contributed by atoms with van der Waals surface area (Å²) >= 11 is 0. The molecule has 90 valence electrons. The highest BCUT2D eigenvalue weighted by Crippen LogP contribution is 2.29. The number of nitrogens with one attached hydrogen (secondary N) is 1. The van der Waals surface area contributed by atoms with E-state index >= 15 is 0 Å². The standard InChI is InChI=1S/C12H14N2O3/c1-2-17-12(16)9-5-6-13-10(7-9)14-11(15)8-3-4-8/h5-8H,2-4H2,1H3,(H,13,14,15). The molecule has 0 saturated heterocycles. The van der Waals surface area contributed by atoms with Gasteiger partial charge < -0.3 is 10.1 Å². The first kappa shape index (κ1) is 11.6. The molecular weight excluding hydrogens is 220 g/mol. The highest BCUT2D eigenvalue weighted by molar-refractivity contribution is 5.95. The van der Waals surface area contributed by atoms with Crippen LogP contribution < -0.4 is 5.32 Å². The van der Waals surface area contributed by atoms with E-state index in [4.69, 9.17) is 4.74 Å². The van der Waals surface area contributed by atoms with Crippen molar-refractivity contribution in [3.63, 3.8) is 0 Å². The average molecular weight is 234 g/mol. The summed E-state index contributed by atoms with van der Waals surface area (Å²) in [7, 11) is 0. The highest BCUT2D eigenvalue weighted by atomic mass is 16.5. The zero-order valence-electron chi connectivity index (χ0n) is 9.60. The fraction of sp³-hybridized carbons (Fsp3) is 0.417. The number of rotatable bonds is 4. The second-order valence-corrected chi connectivity index (χ2v) is 3.91. The minimum absolute atomic E-state index is 0.0292. The van der Waals surface area contributed by atoms with Crippen LogP contribution in [0.2, 0.25) is 0 Å². The molecule has 1 N–H and O–H groups in total. The number of hydrogen-bond acceptors (Lipinski definition) is 4. The quantitative estimate of drug-likeness (QED) is 0.803. The molecule has 0 unspecified atom stereocenters. The van der Waals surface area contributed by atoms with Crippen LogP contribution in [0, 0.1) is 5.92 Å². The monoisotopic (exact) mass is 234 g/mol. The number of carbonyl (C=O) groups is 2. The Morgan fingerprint density at radius 1 is 1.53 bits per heavy atom. The number of ether oxygens (including phenoxy) is 1. The van der Waals surface area contributed by atoms with Crippen LogP contribution in [0.3, 0.4) is 0 Å². The van der Waals surface area contributed by atoms with Gasteiger partial charge in [-0.3, -0.25) is 4.79 Å². The van der Waals surface area contributed by atoms with Crippen LogP contribution in [0.1, 0.15) is 30.1 Å². The minimum atomic E-state index is -0.406. The van der Waals surface area contributed by atoms with E-state index in [1.807, 2.05) is 0 Å². The van der Waals surface area contributed by atoms with E-state index in [9.17, 15) is 9.59 Å². The van der Waals surface area contributed by atoms with Gasteiger partial charge in [0.25, 0.3) is 0 Å². The zero-order chi connectivity index (χ0) is 12.3. The van der Waals surface area contributed by atoms with E-state index in [2.05, 4.69) is 10.3 Å². The molecule has 1 fully saturated rings. The van der Waals surface area contributed by atoms with Crippen LogP contribution in [-0.2, 0) is 9.53 Å². The fourth-order valence-corrected chi connectivity index (χ4v) is 1.41. The smallest absolute Gasteiger partial charge is 0.338 e. The molecule has 2 rings (SSSR count). The fourth-order valence-electron chi connectivity index (χ4n) is 1.41. The SMILES string of the molecule is CCOC(=O)c1ccnc(NC(=O)C2CC2)c1. The molecule has 0 spiro atoms. The van der Waals surface area contributed by atoms with Crippen LogP contribution in [0.25, 0.3) is 0 Å². The lowest BCUT2D eigenvalue weighted by Crippen LogP contribution is -2.15. The minimum Gasteiger partial charge on any atom is -0.462 e. The van der Waals surface area contributed by atoms with Crippen molar-refractivity contribution in [1.82, 2.24) is 4.98 Å². The topological polar surface area (TPSA) is 68.3 Å². The maximum absolute atomic E-state index is 11.5. The van der Waals surface area contributed by atoms with Gasteiger partial charge in [0.05, 0.1) is 12.2 Å². The second kappa shape index (κ2) is 4.95. The summed E-state index contributed by atoms with van der Waals surface area (Å²) in [4.78, 5) is 27.0. The van der Waals surface area contributed by atoms with Crippen LogP contribution in [0.15, 0.2) is 18.3 Å². The number of nitrogens with zero attached hydrogens (tertiary/aromatic N) is 1. The Labute approximate surface area is 99.2 Å². The van der Waals surface area contributed by atoms with Crippen LogP contribution >= 0.6 is 0 Å². The highest BCUT2D eigenvalue weighted by Gasteiger charge is 2.29. The first-order valence-corrected chi connectivity index (χ1v) is 5.64. The Hall–Kier alpha value is -1.91. The number of hydrogen-bond donors (Lipinski definition) is 1. The van der Waals surface area contributed by atoms with Gasteiger partial charge in [0.1, 0.15) is 5.82 Å². The molecule has 5 nitrogen and oxygen atoms in total. The molecule has 17 heavy (non-hydrogen) atoms. The van der Waals surface area contributed by atoms with Crippen molar-refractivity contribution in [3.05, 3.63) is 23.9 Å². The van der Waals surface area contributed by atoms with Crippen LogP contribution in [0.5, 0.6) is 0 Å². The summed E-state index contributed by atoms with van der Waals surface area (Å²) in [5.41, 5.74) is 0.396. The maximum Gasteiger partial charge on any atom is 0.338 e. The van der Waals surface area contributed by atoms with Crippen molar-refractivity contribution in [2.75, 3.05) is 11.9 Å². The number of amides is 1. The number of aromatic nitrogens is 1. The first-order valence-electron chi connectivity index (χ1n) is 5.64. The van der Waals surface area contributed by atoms with E-state index in [0.717, 1.165) is 12.8 Å². The Kier molecular flexibility index (Phi) is 3.37. The van der Waals surface area contributed by atoms with Crippen molar-refractivity contribution in [1.29, 1.82) is 0 Å². The summed E-state index contributed by atoms with van der Waals surface area (Å²) in [6.07, 6.45) is 3.35. The lowest BCUT2D eigenvalue weighted by Gasteiger charge is -2.05. The molecule has 1 aliphatic rings. The van der Waals surface area contributed by atoms with Gasteiger partial charge in [-0.2, -0.15) is 0 Å². The third-order valence-electron chi connectivity index (χ3n) is 2.47. The van der Waals surface area contributed by atoms with Gasteiger partial charge in [-0.15, -0.1) is 0 Å². The van der Waals surface area contributed by atoms with Gasteiger partial charge in [0.2, 0.25) is 5.91 Å². The Balaban J connectivity index is 2.05. The van der Waals surface area contributed by atoms with E-state index in [-0.39, 0.29) is 11.8 Å². The van der Waals surface area contributed by atoms with Gasteiger partial charge in [-0.05, 0) is 31.9 Å². The van der Waals surface area contributed by atoms with Gasteiger partial charge >= 0.3 is 5.97 Å². The molecule has 0 aliphatic heterocycles. The third kappa shape index (κ3) is 3.03. The molecule has 1 aromatic rings. The molecule has 0 bridgehead atoms. The molecule has 0 atom stereocenters. The van der Waals surface area contributed by atoms with Crippen LogP contribution in [0.4, 0.5) is 5.82 Å². The van der Waals surface area contributed by atoms with E-state index < -0.39 is 5.97 Å². The van der Waals surface area contributed by atoms with Gasteiger partial charge in [0.15, 0.2) is 0 Å². The third-order valence-corrected chi connectivity index (χ3v) is 2.47. The van der Waals surface area contributed by atoms with Crippen LogP contribution in [-0.4, -0.2) is 23.5 Å². The lowest BCUT2D eigenvalue weighted by atomic mass is 10.2.